The molecule has 1 aromatic carbocycles. The largest absolute Gasteiger partial charge is 0.497 e. The number of hydrogen-bond acceptors (Lipinski definition) is 5. The summed E-state index contributed by atoms with van der Waals surface area (Å²) in [5, 5.41) is 10.8. The lowest BCUT2D eigenvalue weighted by atomic mass is 9.85. The van der Waals surface area contributed by atoms with Crippen LogP contribution in [-0.2, 0) is 6.54 Å². The Bertz CT molecular complexity index is 584. The molecule has 156 valence electrons. The van der Waals surface area contributed by atoms with Crippen molar-refractivity contribution in [1.82, 2.24) is 16.0 Å². The zero-order valence-electron chi connectivity index (χ0n) is 17.0. The SMILES string of the molecule is COc1ccc(CNC(=S)[C@@H](CCC2CCCCC2)NC[C@@H]2CSCN2)cc1. The molecule has 2 atom stereocenters. The van der Waals surface area contributed by atoms with Gasteiger partial charge < -0.3 is 20.7 Å². The number of thiocarbonyl (C=S) groups is 1. The number of hydrogen-bond donors (Lipinski definition) is 3. The number of methoxy groups -OCH3 is 1. The van der Waals surface area contributed by atoms with E-state index in [2.05, 4.69) is 28.1 Å². The van der Waals surface area contributed by atoms with Gasteiger partial charge in [0.2, 0.25) is 0 Å². The molecule has 28 heavy (non-hydrogen) atoms. The van der Waals surface area contributed by atoms with E-state index in [0.717, 1.165) is 42.0 Å². The molecule has 1 saturated carbocycles. The lowest BCUT2D eigenvalue weighted by Crippen LogP contribution is -2.47. The monoisotopic (exact) mass is 421 g/mol. The summed E-state index contributed by atoms with van der Waals surface area (Å²) in [6.07, 6.45) is 9.47. The first-order valence-electron chi connectivity index (χ1n) is 10.7. The smallest absolute Gasteiger partial charge is 0.118 e. The van der Waals surface area contributed by atoms with Crippen LogP contribution >= 0.6 is 24.0 Å². The molecule has 0 aromatic heterocycles. The van der Waals surface area contributed by atoms with Gasteiger partial charge in [0, 0.05) is 30.8 Å². The fourth-order valence-corrected chi connectivity index (χ4v) is 5.38. The summed E-state index contributed by atoms with van der Waals surface area (Å²) in [5.74, 6) is 4.04. The van der Waals surface area contributed by atoms with Crippen molar-refractivity contribution >= 4 is 29.0 Å². The molecule has 0 spiro atoms. The third-order valence-corrected chi connectivity index (χ3v) is 7.37. The highest BCUT2D eigenvalue weighted by Crippen LogP contribution is 2.28. The summed E-state index contributed by atoms with van der Waals surface area (Å²) < 4.78 is 5.24. The van der Waals surface area contributed by atoms with Crippen molar-refractivity contribution in [2.75, 3.05) is 25.3 Å². The Hall–Kier alpha value is -0.820. The molecule has 0 radical (unpaired) electrons. The van der Waals surface area contributed by atoms with Crippen LogP contribution in [0.1, 0.15) is 50.5 Å². The van der Waals surface area contributed by atoms with Crippen LogP contribution in [0, 0.1) is 5.92 Å². The standard InChI is InChI=1S/C22H35N3OS2/c1-26-20-10-7-18(8-11-20)13-24-22(27)21(23-14-19-15-28-16-25-19)12-9-17-5-3-2-4-6-17/h7-8,10-11,17,19,21,23,25H,2-6,9,12-16H2,1H3,(H,24,27)/t19-,21-/m1/s1. The lowest BCUT2D eigenvalue weighted by molar-refractivity contribution is 0.323. The number of ether oxygens (including phenoxy) is 1. The third kappa shape index (κ3) is 7.21. The Balaban J connectivity index is 1.49. The summed E-state index contributed by atoms with van der Waals surface area (Å²) >= 11 is 7.79. The van der Waals surface area contributed by atoms with E-state index in [4.69, 9.17) is 17.0 Å². The molecule has 1 heterocycles. The first-order chi connectivity index (χ1) is 13.7. The molecule has 6 heteroatoms. The maximum atomic E-state index is 5.81. The fourth-order valence-electron chi connectivity index (χ4n) is 4.11. The molecule has 0 amide bonds. The van der Waals surface area contributed by atoms with Crippen molar-refractivity contribution in [3.8, 4) is 5.75 Å². The summed E-state index contributed by atoms with van der Waals surface area (Å²) in [6.45, 7) is 1.76. The van der Waals surface area contributed by atoms with E-state index in [1.807, 2.05) is 23.9 Å². The molecule has 1 saturated heterocycles. The summed E-state index contributed by atoms with van der Waals surface area (Å²) in [6, 6.07) is 9.02. The molecule has 1 aromatic rings. The quantitative estimate of drug-likeness (QED) is 0.495. The maximum Gasteiger partial charge on any atom is 0.118 e. The van der Waals surface area contributed by atoms with Crippen molar-refractivity contribution in [3.05, 3.63) is 29.8 Å². The first kappa shape index (κ1) is 21.9. The predicted molar refractivity (Wildman–Crippen MR) is 124 cm³/mol. The van der Waals surface area contributed by atoms with E-state index in [1.54, 1.807) is 7.11 Å². The zero-order chi connectivity index (χ0) is 19.6. The molecular formula is C22H35N3OS2. The van der Waals surface area contributed by atoms with Gasteiger partial charge in [-0.1, -0.05) is 56.5 Å². The van der Waals surface area contributed by atoms with Crippen molar-refractivity contribution in [2.24, 2.45) is 5.92 Å². The van der Waals surface area contributed by atoms with Crippen LogP contribution < -0.4 is 20.7 Å². The molecule has 0 bridgehead atoms. The number of rotatable bonds is 10. The topological polar surface area (TPSA) is 45.3 Å². The Kier molecular flexibility index (Phi) is 9.38. The fraction of sp³-hybridized carbons (Fsp3) is 0.682. The second-order valence-corrected chi connectivity index (χ2v) is 9.49. The molecule has 2 aliphatic rings. The zero-order valence-corrected chi connectivity index (χ0v) is 18.7. The van der Waals surface area contributed by atoms with Gasteiger partial charge in [-0.3, -0.25) is 0 Å². The summed E-state index contributed by atoms with van der Waals surface area (Å²) in [5.41, 5.74) is 1.23. The lowest BCUT2D eigenvalue weighted by Gasteiger charge is -2.26. The van der Waals surface area contributed by atoms with E-state index in [0.29, 0.717) is 6.04 Å². The maximum absolute atomic E-state index is 5.81. The van der Waals surface area contributed by atoms with E-state index in [9.17, 15) is 0 Å². The van der Waals surface area contributed by atoms with Crippen LogP contribution in [0.4, 0.5) is 0 Å². The molecule has 3 N–H and O–H groups in total. The van der Waals surface area contributed by atoms with Crippen molar-refractivity contribution in [3.63, 3.8) is 0 Å². The van der Waals surface area contributed by atoms with Crippen LogP contribution in [0.25, 0.3) is 0 Å². The van der Waals surface area contributed by atoms with Gasteiger partial charge in [-0.25, -0.2) is 0 Å². The van der Waals surface area contributed by atoms with E-state index in [1.165, 1.54) is 49.8 Å². The van der Waals surface area contributed by atoms with Gasteiger partial charge in [0.25, 0.3) is 0 Å². The highest BCUT2D eigenvalue weighted by molar-refractivity contribution is 7.99. The second-order valence-electron chi connectivity index (χ2n) is 8.02. The van der Waals surface area contributed by atoms with E-state index < -0.39 is 0 Å². The second kappa shape index (κ2) is 12.0. The predicted octanol–water partition coefficient (Wildman–Crippen LogP) is 4.09. The Morgan fingerprint density at radius 3 is 2.71 bits per heavy atom. The molecule has 2 fully saturated rings. The van der Waals surface area contributed by atoms with Gasteiger partial charge in [0.15, 0.2) is 0 Å². The van der Waals surface area contributed by atoms with Crippen LogP contribution in [0.5, 0.6) is 5.75 Å². The van der Waals surface area contributed by atoms with Gasteiger partial charge in [-0.2, -0.15) is 0 Å². The molecule has 4 nitrogen and oxygen atoms in total. The first-order valence-corrected chi connectivity index (χ1v) is 12.3. The minimum atomic E-state index is 0.266. The molecule has 1 aliphatic heterocycles. The summed E-state index contributed by atoms with van der Waals surface area (Å²) in [4.78, 5) is 0.956. The van der Waals surface area contributed by atoms with Gasteiger partial charge in [-0.05, 0) is 36.5 Å². The Morgan fingerprint density at radius 1 is 1.25 bits per heavy atom. The van der Waals surface area contributed by atoms with Crippen LogP contribution in [-0.4, -0.2) is 42.4 Å². The van der Waals surface area contributed by atoms with Gasteiger partial charge in [0.1, 0.15) is 5.75 Å². The van der Waals surface area contributed by atoms with Gasteiger partial charge in [-0.15, -0.1) is 11.8 Å². The van der Waals surface area contributed by atoms with Crippen LogP contribution in [0.3, 0.4) is 0 Å². The van der Waals surface area contributed by atoms with Gasteiger partial charge in [0.05, 0.1) is 18.1 Å². The van der Waals surface area contributed by atoms with Gasteiger partial charge >= 0.3 is 0 Å². The molecular weight excluding hydrogens is 386 g/mol. The normalized spacial score (nSPS) is 21.4. The third-order valence-electron chi connectivity index (χ3n) is 5.93. The number of benzene rings is 1. The van der Waals surface area contributed by atoms with Crippen LogP contribution in [0.2, 0.25) is 0 Å². The van der Waals surface area contributed by atoms with Crippen LogP contribution in [0.15, 0.2) is 24.3 Å². The highest BCUT2D eigenvalue weighted by Gasteiger charge is 2.21. The van der Waals surface area contributed by atoms with E-state index >= 15 is 0 Å². The minimum Gasteiger partial charge on any atom is -0.497 e. The highest BCUT2D eigenvalue weighted by atomic mass is 32.2. The molecule has 0 unspecified atom stereocenters. The summed E-state index contributed by atoms with van der Waals surface area (Å²) in [7, 11) is 1.70. The number of nitrogens with one attached hydrogen (secondary N) is 3. The van der Waals surface area contributed by atoms with E-state index in [-0.39, 0.29) is 6.04 Å². The van der Waals surface area contributed by atoms with Crippen molar-refractivity contribution < 1.29 is 4.74 Å². The average molecular weight is 422 g/mol. The average Bonchev–Trinajstić information content (AvgIpc) is 3.27. The molecule has 3 rings (SSSR count). The Morgan fingerprint density at radius 2 is 2.04 bits per heavy atom. The Labute approximate surface area is 180 Å². The van der Waals surface area contributed by atoms with Crippen molar-refractivity contribution in [1.29, 1.82) is 0 Å². The van der Waals surface area contributed by atoms with Crippen molar-refractivity contribution in [2.45, 2.75) is 63.6 Å². The molecule has 1 aliphatic carbocycles. The number of thioether (sulfide) groups is 1. The minimum absolute atomic E-state index is 0.266.